The van der Waals surface area contributed by atoms with Gasteiger partial charge in [-0.05, 0) is 0 Å². The fourth-order valence-electron chi connectivity index (χ4n) is 3.21. The highest BCUT2D eigenvalue weighted by molar-refractivity contribution is 7.54. The molecular formula is C18H19O8P. The van der Waals surface area contributed by atoms with Crippen LogP contribution in [-0.2, 0) is 27.9 Å². The fourth-order valence-corrected chi connectivity index (χ4v) is 4.20. The van der Waals surface area contributed by atoms with Crippen molar-refractivity contribution in [1.29, 1.82) is 0 Å². The third-order valence-corrected chi connectivity index (χ3v) is 6.46. The molecule has 0 bridgehead atoms. The molecule has 1 aliphatic heterocycles. The number of Topliss-reactive ketones (excluding diaryl/α,β-unsaturated/α-hetero) is 3. The standard InChI is InChI=1S/C18H19O8P/c1-23-18-15-12(16(20)10-6-4-5-7-11(10)17(15)21)8-14(26-18)13(19)9-27(22,24-2)25-3/h4-7,14,18H,8-9H2,1-3H3. The lowest BCUT2D eigenvalue weighted by atomic mass is 9.80. The number of ketones is 3. The first kappa shape index (κ1) is 19.8. The molecule has 144 valence electrons. The molecule has 0 spiro atoms. The number of carbonyl (C=O) groups is 3. The van der Waals surface area contributed by atoms with Crippen molar-refractivity contribution in [3.63, 3.8) is 0 Å². The molecule has 0 saturated heterocycles. The van der Waals surface area contributed by atoms with Crippen LogP contribution in [0.1, 0.15) is 27.1 Å². The van der Waals surface area contributed by atoms with E-state index in [1.807, 2.05) is 0 Å². The van der Waals surface area contributed by atoms with Gasteiger partial charge in [-0.3, -0.25) is 18.9 Å². The van der Waals surface area contributed by atoms with Crippen molar-refractivity contribution in [2.24, 2.45) is 0 Å². The SMILES string of the molecule is COC1OC(C(=O)CP(=O)(OC)OC)CC2=C1C(=O)c1ccccc1C2=O. The minimum Gasteiger partial charge on any atom is -0.351 e. The Hall–Kier alpha value is -1.96. The summed E-state index contributed by atoms with van der Waals surface area (Å²) in [7, 11) is 0.0851. The normalized spacial score (nSPS) is 22.5. The van der Waals surface area contributed by atoms with Gasteiger partial charge in [0.2, 0.25) is 0 Å². The molecule has 0 fully saturated rings. The molecule has 0 N–H and O–H groups in total. The van der Waals surface area contributed by atoms with E-state index < -0.39 is 31.9 Å². The summed E-state index contributed by atoms with van der Waals surface area (Å²) in [6.45, 7) is 0. The summed E-state index contributed by atoms with van der Waals surface area (Å²) in [5.74, 6) is -1.27. The smallest absolute Gasteiger partial charge is 0.337 e. The van der Waals surface area contributed by atoms with E-state index in [2.05, 4.69) is 0 Å². The van der Waals surface area contributed by atoms with Gasteiger partial charge in [-0.2, -0.15) is 0 Å². The van der Waals surface area contributed by atoms with Crippen molar-refractivity contribution in [2.75, 3.05) is 27.5 Å². The van der Waals surface area contributed by atoms with Crippen LogP contribution >= 0.6 is 7.60 Å². The van der Waals surface area contributed by atoms with Gasteiger partial charge >= 0.3 is 7.60 Å². The van der Waals surface area contributed by atoms with Crippen molar-refractivity contribution in [3.05, 3.63) is 46.5 Å². The predicted molar refractivity (Wildman–Crippen MR) is 93.9 cm³/mol. The van der Waals surface area contributed by atoms with Crippen molar-refractivity contribution in [3.8, 4) is 0 Å². The summed E-state index contributed by atoms with van der Waals surface area (Å²) in [5, 5.41) is 0. The fraction of sp³-hybridized carbons (Fsp3) is 0.389. The lowest BCUT2D eigenvalue weighted by molar-refractivity contribution is -0.158. The molecule has 3 rings (SSSR count). The lowest BCUT2D eigenvalue weighted by Gasteiger charge is -2.34. The van der Waals surface area contributed by atoms with E-state index in [9.17, 15) is 18.9 Å². The van der Waals surface area contributed by atoms with Crippen LogP contribution in [0.3, 0.4) is 0 Å². The monoisotopic (exact) mass is 394 g/mol. The molecule has 1 aromatic rings. The maximum absolute atomic E-state index is 12.9. The van der Waals surface area contributed by atoms with Gasteiger partial charge in [0.25, 0.3) is 0 Å². The van der Waals surface area contributed by atoms with E-state index in [1.165, 1.54) is 21.3 Å². The van der Waals surface area contributed by atoms with Crippen LogP contribution in [0, 0.1) is 0 Å². The molecule has 1 heterocycles. The van der Waals surface area contributed by atoms with Crippen LogP contribution < -0.4 is 0 Å². The van der Waals surface area contributed by atoms with E-state index in [0.717, 1.165) is 0 Å². The number of methoxy groups -OCH3 is 1. The Morgan fingerprint density at radius 2 is 1.70 bits per heavy atom. The molecule has 0 saturated carbocycles. The van der Waals surface area contributed by atoms with Crippen LogP contribution in [0.25, 0.3) is 0 Å². The summed E-state index contributed by atoms with van der Waals surface area (Å²) < 4.78 is 32.6. The van der Waals surface area contributed by atoms with Crippen LogP contribution in [0.15, 0.2) is 35.4 Å². The first-order chi connectivity index (χ1) is 12.8. The van der Waals surface area contributed by atoms with Gasteiger partial charge in [-0.15, -0.1) is 0 Å². The number of ether oxygens (including phenoxy) is 2. The van der Waals surface area contributed by atoms with Gasteiger partial charge in [0, 0.05) is 44.5 Å². The average Bonchev–Trinajstić information content (AvgIpc) is 2.70. The quantitative estimate of drug-likeness (QED) is 0.676. The highest BCUT2D eigenvalue weighted by Crippen LogP contribution is 2.47. The Bertz CT molecular complexity index is 879. The second-order valence-electron chi connectivity index (χ2n) is 6.09. The predicted octanol–water partition coefficient (Wildman–Crippen LogP) is 2.18. The molecule has 1 aromatic carbocycles. The third-order valence-electron chi connectivity index (χ3n) is 4.65. The summed E-state index contributed by atoms with van der Waals surface area (Å²) in [5.41, 5.74) is 0.843. The second-order valence-corrected chi connectivity index (χ2v) is 8.36. The van der Waals surface area contributed by atoms with Gasteiger partial charge < -0.3 is 18.5 Å². The van der Waals surface area contributed by atoms with Gasteiger partial charge in [-0.25, -0.2) is 0 Å². The highest BCUT2D eigenvalue weighted by Gasteiger charge is 2.44. The summed E-state index contributed by atoms with van der Waals surface area (Å²) >= 11 is 0. The Morgan fingerprint density at radius 3 is 2.26 bits per heavy atom. The van der Waals surface area contributed by atoms with Crippen LogP contribution in [0.4, 0.5) is 0 Å². The van der Waals surface area contributed by atoms with Crippen LogP contribution in [0.2, 0.25) is 0 Å². The minimum atomic E-state index is -3.59. The van der Waals surface area contributed by atoms with Crippen LogP contribution in [-0.4, -0.2) is 57.2 Å². The first-order valence-electron chi connectivity index (χ1n) is 8.18. The number of fused-ring (bicyclic) bond motifs is 1. The molecule has 8 nitrogen and oxygen atoms in total. The van der Waals surface area contributed by atoms with E-state index in [-0.39, 0.29) is 40.3 Å². The zero-order valence-electron chi connectivity index (χ0n) is 15.1. The maximum Gasteiger partial charge on any atom is 0.337 e. The maximum atomic E-state index is 12.9. The Balaban J connectivity index is 1.95. The van der Waals surface area contributed by atoms with E-state index in [0.29, 0.717) is 0 Å². The summed E-state index contributed by atoms with van der Waals surface area (Å²) in [6, 6.07) is 6.47. The Kier molecular flexibility index (Phi) is 5.55. The van der Waals surface area contributed by atoms with Crippen molar-refractivity contribution in [2.45, 2.75) is 18.8 Å². The van der Waals surface area contributed by atoms with Crippen LogP contribution in [0.5, 0.6) is 0 Å². The molecule has 27 heavy (non-hydrogen) atoms. The minimum absolute atomic E-state index is 0.104. The van der Waals surface area contributed by atoms with Crippen molar-refractivity contribution >= 4 is 24.9 Å². The molecule has 0 aromatic heterocycles. The largest absolute Gasteiger partial charge is 0.351 e. The van der Waals surface area contributed by atoms with E-state index >= 15 is 0 Å². The average molecular weight is 394 g/mol. The zero-order chi connectivity index (χ0) is 19.8. The number of hydrogen-bond donors (Lipinski definition) is 0. The number of benzene rings is 1. The molecule has 1 aliphatic carbocycles. The molecule has 0 radical (unpaired) electrons. The number of carbonyl (C=O) groups excluding carboxylic acids is 3. The molecular weight excluding hydrogens is 375 g/mol. The van der Waals surface area contributed by atoms with E-state index in [4.69, 9.17) is 18.5 Å². The third kappa shape index (κ3) is 3.47. The topological polar surface area (TPSA) is 105 Å². The number of hydrogen-bond acceptors (Lipinski definition) is 8. The van der Waals surface area contributed by atoms with E-state index in [1.54, 1.807) is 24.3 Å². The lowest BCUT2D eigenvalue weighted by Crippen LogP contribution is -2.43. The highest BCUT2D eigenvalue weighted by atomic mass is 31.2. The second kappa shape index (κ2) is 7.58. The molecule has 9 heteroatoms. The first-order valence-corrected chi connectivity index (χ1v) is 9.91. The van der Waals surface area contributed by atoms with Gasteiger partial charge in [0.05, 0.1) is 5.57 Å². The molecule has 2 aliphatic rings. The molecule has 2 unspecified atom stereocenters. The zero-order valence-corrected chi connectivity index (χ0v) is 16.0. The van der Waals surface area contributed by atoms with Crippen molar-refractivity contribution in [1.82, 2.24) is 0 Å². The van der Waals surface area contributed by atoms with Gasteiger partial charge in [0.1, 0.15) is 12.3 Å². The molecule has 2 atom stereocenters. The summed E-state index contributed by atoms with van der Waals surface area (Å²) in [4.78, 5) is 38.3. The molecule has 0 amide bonds. The summed E-state index contributed by atoms with van der Waals surface area (Å²) in [6.07, 6.45) is -2.89. The van der Waals surface area contributed by atoms with Crippen molar-refractivity contribution < 1.29 is 37.5 Å². The number of rotatable bonds is 6. The Labute approximate surface area is 156 Å². The van der Waals surface area contributed by atoms with Gasteiger partial charge in [-0.1, -0.05) is 24.3 Å². The Morgan fingerprint density at radius 1 is 1.11 bits per heavy atom. The van der Waals surface area contributed by atoms with Gasteiger partial charge in [0.15, 0.2) is 23.6 Å².